The summed E-state index contributed by atoms with van der Waals surface area (Å²) in [4.78, 5) is 34.7. The first-order valence-electron chi connectivity index (χ1n) is 14.9. The van der Waals surface area contributed by atoms with E-state index in [0.29, 0.717) is 37.7 Å². The molecular formula is C27H49N3O14S. The predicted molar refractivity (Wildman–Crippen MR) is 157 cm³/mol. The first kappa shape index (κ1) is 39.5. The van der Waals surface area contributed by atoms with Crippen LogP contribution < -0.4 is 16.4 Å². The molecule has 2 aliphatic rings. The number of esters is 1. The van der Waals surface area contributed by atoms with E-state index in [2.05, 4.69) is 10.6 Å². The molecule has 17 nitrogen and oxygen atoms in total. The Labute approximate surface area is 265 Å². The number of carbonyl (C=O) groups is 3. The Balaban J connectivity index is 2.07. The molecule has 2 amide bonds. The molecule has 2 aliphatic heterocycles. The average molecular weight is 672 g/mol. The fourth-order valence-corrected chi connectivity index (χ4v) is 6.40. The smallest absolute Gasteiger partial charge is 0.348 e. The second kappa shape index (κ2) is 19.2. The summed E-state index contributed by atoms with van der Waals surface area (Å²) in [5, 5.41) is 77.8. The summed E-state index contributed by atoms with van der Waals surface area (Å²) in [5.41, 5.74) is 5.44. The Hall–Kier alpha value is -1.68. The van der Waals surface area contributed by atoms with Crippen LogP contribution in [0.4, 0.5) is 0 Å². The molecule has 2 rings (SSSR count). The number of hydrogen-bond donors (Lipinski definition) is 10. The van der Waals surface area contributed by atoms with Crippen LogP contribution in [-0.2, 0) is 33.3 Å². The van der Waals surface area contributed by atoms with Crippen molar-refractivity contribution in [2.75, 3.05) is 39.2 Å². The number of rotatable bonds is 18. The molecule has 45 heavy (non-hydrogen) atoms. The second-order valence-electron chi connectivity index (χ2n) is 11.1. The van der Waals surface area contributed by atoms with Gasteiger partial charge in [-0.2, -0.15) is 0 Å². The Morgan fingerprint density at radius 1 is 1.07 bits per heavy atom. The van der Waals surface area contributed by atoms with Crippen LogP contribution in [0.1, 0.15) is 45.4 Å². The Kier molecular flexibility index (Phi) is 16.9. The summed E-state index contributed by atoms with van der Waals surface area (Å²) < 4.78 is 22.1. The first-order chi connectivity index (χ1) is 21.3. The van der Waals surface area contributed by atoms with Crippen LogP contribution in [0.25, 0.3) is 0 Å². The standard InChI is InChI=1S/C27H49N3O14S/c1-14(32)30-19-15(33)11-27(26(40)41-2,44-24(19)20(36)16(34)12-31)45-13-17-21(37)22(38)23(39)25(43-17)42-10-6-9-29-18(35)7-4-3-5-8-28/h15-17,19-25,31,33-34,36-39H,3-13,28H2,1-2H3,(H,29,35)(H,30,32)/t15-,16-,17?,19?,20-,21?,22?,23?,24?,25?,27+/m1/s1. The molecule has 0 aromatic carbocycles. The zero-order chi connectivity index (χ0) is 33.7. The van der Waals surface area contributed by atoms with E-state index in [1.165, 1.54) is 0 Å². The number of aliphatic hydroxyl groups is 7. The number of aliphatic hydroxyl groups excluding tert-OH is 7. The van der Waals surface area contributed by atoms with E-state index < -0.39 is 91.0 Å². The Bertz CT molecular complexity index is 937. The monoisotopic (exact) mass is 671 g/mol. The summed E-state index contributed by atoms with van der Waals surface area (Å²) in [7, 11) is 1.05. The lowest BCUT2D eigenvalue weighted by Crippen LogP contribution is -2.67. The molecule has 18 heteroatoms. The van der Waals surface area contributed by atoms with Crippen LogP contribution in [-0.4, -0.2) is 159 Å². The van der Waals surface area contributed by atoms with Gasteiger partial charge < -0.3 is 71.1 Å². The van der Waals surface area contributed by atoms with Crippen molar-refractivity contribution in [3.8, 4) is 0 Å². The molecule has 2 heterocycles. The Morgan fingerprint density at radius 3 is 2.40 bits per heavy atom. The number of ether oxygens (including phenoxy) is 4. The molecule has 0 spiro atoms. The number of nitrogens with two attached hydrogens (primary N) is 1. The minimum absolute atomic E-state index is 0.0244. The molecule has 0 aromatic heterocycles. The van der Waals surface area contributed by atoms with E-state index in [1.807, 2.05) is 0 Å². The molecule has 0 aromatic rings. The molecule has 2 saturated heterocycles. The third kappa shape index (κ3) is 11.2. The summed E-state index contributed by atoms with van der Waals surface area (Å²) in [6.45, 7) is 1.15. The summed E-state index contributed by atoms with van der Waals surface area (Å²) in [6, 6.07) is -1.29. The van der Waals surface area contributed by atoms with Gasteiger partial charge in [0.2, 0.25) is 16.7 Å². The van der Waals surface area contributed by atoms with Gasteiger partial charge in [-0.1, -0.05) is 6.42 Å². The van der Waals surface area contributed by atoms with Crippen LogP contribution in [0.15, 0.2) is 0 Å². The van der Waals surface area contributed by atoms with Crippen molar-refractivity contribution in [2.45, 2.75) is 112 Å². The lowest BCUT2D eigenvalue weighted by atomic mass is 9.89. The lowest BCUT2D eigenvalue weighted by molar-refractivity contribution is -0.292. The average Bonchev–Trinajstić information content (AvgIpc) is 3.01. The van der Waals surface area contributed by atoms with Crippen LogP contribution >= 0.6 is 11.8 Å². The number of nitrogens with one attached hydrogen (secondary N) is 2. The van der Waals surface area contributed by atoms with Crippen molar-refractivity contribution in [2.24, 2.45) is 5.73 Å². The van der Waals surface area contributed by atoms with Crippen LogP contribution in [0, 0.1) is 0 Å². The fraction of sp³-hybridized carbons (Fsp3) is 0.889. The van der Waals surface area contributed by atoms with E-state index in [0.717, 1.165) is 33.3 Å². The SMILES string of the molecule is COC(=O)[C@@]1(SCC2OC(OCCCNC(=O)CCCCCN)C(O)C(O)C2O)C[C@@H](O)C(NC(C)=O)C([C@H](O)[C@H](O)CO)O1. The molecule has 0 radical (unpaired) electrons. The van der Waals surface area contributed by atoms with Crippen molar-refractivity contribution < 1.29 is 69.1 Å². The molecule has 2 fully saturated rings. The number of unbranched alkanes of at least 4 members (excludes halogenated alkanes) is 2. The minimum Gasteiger partial charge on any atom is -0.466 e. The van der Waals surface area contributed by atoms with Crippen LogP contribution in [0.2, 0.25) is 0 Å². The van der Waals surface area contributed by atoms with Gasteiger partial charge in [0.05, 0.1) is 38.6 Å². The molecule has 11 N–H and O–H groups in total. The number of methoxy groups -OCH3 is 1. The molecular weight excluding hydrogens is 622 g/mol. The zero-order valence-electron chi connectivity index (χ0n) is 25.5. The van der Waals surface area contributed by atoms with Gasteiger partial charge in [-0.05, 0) is 25.8 Å². The van der Waals surface area contributed by atoms with Crippen molar-refractivity contribution in [3.63, 3.8) is 0 Å². The van der Waals surface area contributed by atoms with Gasteiger partial charge in [0, 0.05) is 32.1 Å². The number of amides is 2. The van der Waals surface area contributed by atoms with E-state index in [9.17, 15) is 50.1 Å². The third-order valence-electron chi connectivity index (χ3n) is 7.54. The maximum atomic E-state index is 13.0. The third-order valence-corrected chi connectivity index (χ3v) is 8.93. The fourth-order valence-electron chi connectivity index (χ4n) is 5.03. The molecule has 262 valence electrons. The van der Waals surface area contributed by atoms with Crippen molar-refractivity contribution in [1.29, 1.82) is 0 Å². The normalized spacial score (nSPS) is 33.2. The van der Waals surface area contributed by atoms with Gasteiger partial charge in [0.15, 0.2) is 6.29 Å². The van der Waals surface area contributed by atoms with E-state index in [4.69, 9.17) is 24.7 Å². The van der Waals surface area contributed by atoms with Crippen molar-refractivity contribution >= 4 is 29.5 Å². The molecule has 0 aliphatic carbocycles. The van der Waals surface area contributed by atoms with E-state index in [-0.39, 0.29) is 18.3 Å². The van der Waals surface area contributed by atoms with Gasteiger partial charge in [-0.3, -0.25) is 9.59 Å². The zero-order valence-corrected chi connectivity index (χ0v) is 26.3. The van der Waals surface area contributed by atoms with Crippen molar-refractivity contribution in [1.82, 2.24) is 10.6 Å². The first-order valence-corrected chi connectivity index (χ1v) is 15.9. The molecule has 7 unspecified atom stereocenters. The van der Waals surface area contributed by atoms with E-state index >= 15 is 0 Å². The highest BCUT2D eigenvalue weighted by molar-refractivity contribution is 8.01. The number of thioether (sulfide) groups is 1. The lowest BCUT2D eigenvalue weighted by Gasteiger charge is -2.47. The maximum Gasteiger partial charge on any atom is 0.348 e. The molecule has 11 atom stereocenters. The van der Waals surface area contributed by atoms with Crippen LogP contribution in [0.5, 0.6) is 0 Å². The van der Waals surface area contributed by atoms with Gasteiger partial charge in [0.1, 0.15) is 36.6 Å². The molecule has 0 bridgehead atoms. The van der Waals surface area contributed by atoms with E-state index in [1.54, 1.807) is 0 Å². The highest BCUT2D eigenvalue weighted by Crippen LogP contribution is 2.42. The summed E-state index contributed by atoms with van der Waals surface area (Å²) in [6.07, 6.45) is -11.6. The minimum atomic E-state index is -2.06. The quantitative estimate of drug-likeness (QED) is 0.0488. The molecule has 0 saturated carbocycles. The van der Waals surface area contributed by atoms with Gasteiger partial charge in [0.25, 0.3) is 0 Å². The Morgan fingerprint density at radius 2 is 1.78 bits per heavy atom. The summed E-state index contributed by atoms with van der Waals surface area (Å²) in [5.74, 6) is -2.02. The van der Waals surface area contributed by atoms with Gasteiger partial charge in [-0.25, -0.2) is 4.79 Å². The highest BCUT2D eigenvalue weighted by atomic mass is 32.2. The van der Waals surface area contributed by atoms with Gasteiger partial charge >= 0.3 is 5.97 Å². The van der Waals surface area contributed by atoms with Crippen LogP contribution in [0.3, 0.4) is 0 Å². The topological polar surface area (TPSA) is 280 Å². The second-order valence-corrected chi connectivity index (χ2v) is 12.3. The summed E-state index contributed by atoms with van der Waals surface area (Å²) >= 11 is 0.690. The van der Waals surface area contributed by atoms with Gasteiger partial charge in [-0.15, -0.1) is 11.8 Å². The number of carbonyl (C=O) groups excluding carboxylic acids is 3. The van der Waals surface area contributed by atoms with Crippen molar-refractivity contribution in [3.05, 3.63) is 0 Å². The highest BCUT2D eigenvalue weighted by Gasteiger charge is 2.56. The largest absolute Gasteiger partial charge is 0.466 e. The number of hydrogen-bond acceptors (Lipinski definition) is 16. The maximum absolute atomic E-state index is 13.0. The predicted octanol–water partition coefficient (Wildman–Crippen LogP) is -4.19.